The highest BCUT2D eigenvalue weighted by atomic mass is 19.2. The van der Waals surface area contributed by atoms with Crippen molar-refractivity contribution in [3.05, 3.63) is 35.5 Å². The maximum atomic E-state index is 13.1. The molecule has 4 nitrogen and oxygen atoms in total. The molecule has 0 fully saturated rings. The second-order valence-corrected chi connectivity index (χ2v) is 4.41. The third kappa shape index (κ3) is 3.16. The number of aliphatic hydroxyl groups is 1. The van der Waals surface area contributed by atoms with Gasteiger partial charge in [-0.2, -0.15) is 4.98 Å². The number of rotatable bonds is 5. The summed E-state index contributed by atoms with van der Waals surface area (Å²) in [6.07, 6.45) is 0.927. The molecule has 0 radical (unpaired) electrons. The van der Waals surface area contributed by atoms with Gasteiger partial charge in [0.25, 0.3) is 0 Å². The highest BCUT2D eigenvalue weighted by Crippen LogP contribution is 2.21. The van der Waals surface area contributed by atoms with Crippen LogP contribution in [0.4, 0.5) is 13.2 Å². The summed E-state index contributed by atoms with van der Waals surface area (Å²) in [6.45, 7) is 1.92. The van der Waals surface area contributed by atoms with Crippen molar-refractivity contribution in [2.45, 2.75) is 32.3 Å². The fraction of sp³-hybridized carbons (Fsp3) is 0.385. The van der Waals surface area contributed by atoms with Crippen molar-refractivity contribution < 1.29 is 22.8 Å². The molecule has 0 spiro atoms. The molecule has 2 aromatic rings. The lowest BCUT2D eigenvalue weighted by Crippen LogP contribution is -2.09. The van der Waals surface area contributed by atoms with Gasteiger partial charge < -0.3 is 9.63 Å². The van der Waals surface area contributed by atoms with Crippen LogP contribution in [0, 0.1) is 17.5 Å². The van der Waals surface area contributed by atoms with Gasteiger partial charge in [0.05, 0.1) is 12.5 Å². The fourth-order valence-electron chi connectivity index (χ4n) is 1.78. The summed E-state index contributed by atoms with van der Waals surface area (Å²) in [5.41, 5.74) is -0.0265. The Morgan fingerprint density at radius 1 is 1.25 bits per heavy atom. The van der Waals surface area contributed by atoms with Gasteiger partial charge in [-0.25, -0.2) is 13.2 Å². The van der Waals surface area contributed by atoms with E-state index in [1.807, 2.05) is 6.92 Å². The Balaban J connectivity index is 2.20. The summed E-state index contributed by atoms with van der Waals surface area (Å²) >= 11 is 0. The van der Waals surface area contributed by atoms with Crippen LogP contribution < -0.4 is 0 Å². The van der Waals surface area contributed by atoms with E-state index in [0.29, 0.717) is 6.42 Å². The number of nitrogens with zero attached hydrogens (tertiary/aromatic N) is 2. The fourth-order valence-corrected chi connectivity index (χ4v) is 1.78. The van der Waals surface area contributed by atoms with Gasteiger partial charge in [0.2, 0.25) is 11.7 Å². The standard InChI is InChI=1S/C13H13F3N2O2/c1-2-3-8(19)6-11-17-13(18-20-11)7-4-9(14)12(16)10(15)5-7/h4-5,8,19H,2-3,6H2,1H3. The summed E-state index contributed by atoms with van der Waals surface area (Å²) in [7, 11) is 0. The van der Waals surface area contributed by atoms with Gasteiger partial charge in [0, 0.05) is 5.56 Å². The van der Waals surface area contributed by atoms with Crippen molar-refractivity contribution in [3.8, 4) is 11.4 Å². The molecule has 1 heterocycles. The Morgan fingerprint density at radius 2 is 1.90 bits per heavy atom. The molecule has 0 saturated carbocycles. The minimum absolute atomic E-state index is 0.0265. The number of hydrogen-bond donors (Lipinski definition) is 1. The maximum Gasteiger partial charge on any atom is 0.229 e. The lowest BCUT2D eigenvalue weighted by Gasteiger charge is -2.03. The normalized spacial score (nSPS) is 12.7. The topological polar surface area (TPSA) is 59.2 Å². The molecule has 2 rings (SSSR count). The minimum Gasteiger partial charge on any atom is -0.393 e. The van der Waals surface area contributed by atoms with Crippen LogP contribution in [0.5, 0.6) is 0 Å². The predicted octanol–water partition coefficient (Wildman–Crippen LogP) is 2.86. The zero-order valence-electron chi connectivity index (χ0n) is 10.7. The van der Waals surface area contributed by atoms with Crippen molar-refractivity contribution >= 4 is 0 Å². The average Bonchev–Trinajstić information content (AvgIpc) is 2.84. The summed E-state index contributed by atoms with van der Waals surface area (Å²) in [5.74, 6) is -4.09. The monoisotopic (exact) mass is 286 g/mol. The lowest BCUT2D eigenvalue weighted by atomic mass is 10.1. The summed E-state index contributed by atoms with van der Waals surface area (Å²) in [5, 5.41) is 13.2. The molecule has 1 N–H and O–H groups in total. The van der Waals surface area contributed by atoms with Gasteiger partial charge in [-0.1, -0.05) is 18.5 Å². The first-order chi connectivity index (χ1) is 9.51. The summed E-state index contributed by atoms with van der Waals surface area (Å²) < 4.78 is 43.9. The molecule has 1 atom stereocenters. The van der Waals surface area contributed by atoms with E-state index in [1.165, 1.54) is 0 Å². The average molecular weight is 286 g/mol. The van der Waals surface area contributed by atoms with E-state index >= 15 is 0 Å². The van der Waals surface area contributed by atoms with Gasteiger partial charge in [0.1, 0.15) is 0 Å². The molecule has 0 aliphatic heterocycles. The van der Waals surface area contributed by atoms with E-state index in [-0.39, 0.29) is 23.7 Å². The van der Waals surface area contributed by atoms with Crippen molar-refractivity contribution in [1.29, 1.82) is 0 Å². The van der Waals surface area contributed by atoms with Crippen LogP contribution in [0.25, 0.3) is 11.4 Å². The van der Waals surface area contributed by atoms with E-state index in [2.05, 4.69) is 10.1 Å². The van der Waals surface area contributed by atoms with Crippen molar-refractivity contribution in [1.82, 2.24) is 10.1 Å². The number of hydrogen-bond acceptors (Lipinski definition) is 4. The molecule has 0 saturated heterocycles. The molecule has 108 valence electrons. The number of benzene rings is 1. The third-order valence-electron chi connectivity index (χ3n) is 2.74. The second-order valence-electron chi connectivity index (χ2n) is 4.41. The molecule has 0 aliphatic rings. The van der Waals surface area contributed by atoms with E-state index < -0.39 is 23.6 Å². The van der Waals surface area contributed by atoms with Crippen LogP contribution in [0.3, 0.4) is 0 Å². The lowest BCUT2D eigenvalue weighted by molar-refractivity contribution is 0.152. The molecular formula is C13H13F3N2O2. The highest BCUT2D eigenvalue weighted by molar-refractivity contribution is 5.54. The van der Waals surface area contributed by atoms with E-state index in [0.717, 1.165) is 18.6 Å². The Kier molecular flexibility index (Phi) is 4.39. The molecule has 20 heavy (non-hydrogen) atoms. The van der Waals surface area contributed by atoms with Crippen molar-refractivity contribution in [2.24, 2.45) is 0 Å². The maximum absolute atomic E-state index is 13.1. The predicted molar refractivity (Wildman–Crippen MR) is 64.2 cm³/mol. The molecule has 1 unspecified atom stereocenters. The van der Waals surface area contributed by atoms with Crippen LogP contribution in [-0.2, 0) is 6.42 Å². The van der Waals surface area contributed by atoms with Gasteiger partial charge in [-0.3, -0.25) is 0 Å². The van der Waals surface area contributed by atoms with E-state index in [1.54, 1.807) is 0 Å². The summed E-state index contributed by atoms with van der Waals surface area (Å²) in [6, 6.07) is 1.57. The Labute approximate surface area is 113 Å². The Morgan fingerprint density at radius 3 is 2.50 bits per heavy atom. The number of aromatic nitrogens is 2. The molecule has 7 heteroatoms. The molecule has 1 aromatic heterocycles. The van der Waals surface area contributed by atoms with Gasteiger partial charge in [-0.15, -0.1) is 0 Å². The van der Waals surface area contributed by atoms with Crippen molar-refractivity contribution in [2.75, 3.05) is 0 Å². The van der Waals surface area contributed by atoms with Crippen LogP contribution >= 0.6 is 0 Å². The first kappa shape index (κ1) is 14.5. The van der Waals surface area contributed by atoms with E-state index in [9.17, 15) is 18.3 Å². The third-order valence-corrected chi connectivity index (χ3v) is 2.74. The van der Waals surface area contributed by atoms with Crippen LogP contribution in [0.1, 0.15) is 25.7 Å². The molecule has 1 aromatic carbocycles. The minimum atomic E-state index is -1.55. The molecule has 0 bridgehead atoms. The van der Waals surface area contributed by atoms with Gasteiger partial charge in [-0.05, 0) is 18.6 Å². The first-order valence-corrected chi connectivity index (χ1v) is 6.16. The highest BCUT2D eigenvalue weighted by Gasteiger charge is 2.16. The first-order valence-electron chi connectivity index (χ1n) is 6.16. The summed E-state index contributed by atoms with van der Waals surface area (Å²) in [4.78, 5) is 3.92. The van der Waals surface area contributed by atoms with Crippen LogP contribution in [0.15, 0.2) is 16.7 Å². The smallest absolute Gasteiger partial charge is 0.229 e. The van der Waals surface area contributed by atoms with Crippen molar-refractivity contribution in [3.63, 3.8) is 0 Å². The SMILES string of the molecule is CCCC(O)Cc1nc(-c2cc(F)c(F)c(F)c2)no1. The second kappa shape index (κ2) is 6.04. The Bertz CT molecular complexity index is 578. The Hall–Kier alpha value is -1.89. The number of aliphatic hydroxyl groups excluding tert-OH is 1. The zero-order chi connectivity index (χ0) is 14.7. The van der Waals surface area contributed by atoms with Gasteiger partial charge in [0.15, 0.2) is 17.5 Å². The molecule has 0 aliphatic carbocycles. The zero-order valence-corrected chi connectivity index (χ0v) is 10.7. The molecular weight excluding hydrogens is 273 g/mol. The number of halogens is 3. The van der Waals surface area contributed by atoms with Crippen LogP contribution in [0.2, 0.25) is 0 Å². The van der Waals surface area contributed by atoms with Crippen LogP contribution in [-0.4, -0.2) is 21.4 Å². The quantitative estimate of drug-likeness (QED) is 0.859. The largest absolute Gasteiger partial charge is 0.393 e. The van der Waals surface area contributed by atoms with E-state index in [4.69, 9.17) is 4.52 Å². The molecule has 0 amide bonds. The van der Waals surface area contributed by atoms with Gasteiger partial charge >= 0.3 is 0 Å².